The summed E-state index contributed by atoms with van der Waals surface area (Å²) in [7, 11) is 4.16. The number of thiazole rings is 1. The molecule has 1 saturated carbocycles. The van der Waals surface area contributed by atoms with Crippen LogP contribution >= 0.6 is 11.3 Å². The van der Waals surface area contributed by atoms with Crippen molar-refractivity contribution in [2.45, 2.75) is 52.4 Å². The van der Waals surface area contributed by atoms with E-state index in [0.29, 0.717) is 0 Å². The Bertz CT molecular complexity index is 723. The molecule has 1 fully saturated rings. The molecular formula is C21H31N3OS. The summed E-state index contributed by atoms with van der Waals surface area (Å²) in [5, 5.41) is 0.874. The van der Waals surface area contributed by atoms with Gasteiger partial charge in [-0.25, -0.2) is 4.98 Å². The summed E-state index contributed by atoms with van der Waals surface area (Å²) in [5.41, 5.74) is 3.56. The lowest BCUT2D eigenvalue weighted by atomic mass is 9.88. The number of benzene rings is 1. The molecule has 1 heterocycles. The van der Waals surface area contributed by atoms with Gasteiger partial charge in [-0.3, -0.25) is 9.69 Å². The van der Waals surface area contributed by atoms with Gasteiger partial charge in [0.2, 0.25) is 5.91 Å². The fourth-order valence-electron chi connectivity index (χ4n) is 3.70. The second kappa shape index (κ2) is 8.49. The maximum atomic E-state index is 13.3. The van der Waals surface area contributed by atoms with E-state index < -0.39 is 0 Å². The summed E-state index contributed by atoms with van der Waals surface area (Å²) in [6, 6.07) is 4.35. The Balaban J connectivity index is 1.87. The van der Waals surface area contributed by atoms with Crippen molar-refractivity contribution in [2.24, 2.45) is 5.92 Å². The summed E-state index contributed by atoms with van der Waals surface area (Å²) in [5.74, 6) is 0.467. The lowest BCUT2D eigenvalue weighted by Gasteiger charge is -2.28. The van der Waals surface area contributed by atoms with Gasteiger partial charge in [0.25, 0.3) is 0 Å². The normalized spacial score (nSPS) is 15.7. The third-order valence-corrected chi connectivity index (χ3v) is 6.47. The first kappa shape index (κ1) is 19.3. The van der Waals surface area contributed by atoms with Crippen LogP contribution in [0, 0.1) is 19.8 Å². The van der Waals surface area contributed by atoms with Gasteiger partial charge in [-0.15, -0.1) is 0 Å². The molecule has 142 valence electrons. The van der Waals surface area contributed by atoms with Crippen molar-refractivity contribution in [1.82, 2.24) is 9.88 Å². The van der Waals surface area contributed by atoms with Gasteiger partial charge in [0.1, 0.15) is 0 Å². The molecule has 0 spiro atoms. The molecule has 1 amide bonds. The molecule has 1 aromatic carbocycles. The van der Waals surface area contributed by atoms with Crippen LogP contribution in [0.25, 0.3) is 10.2 Å². The first-order valence-corrected chi connectivity index (χ1v) is 10.6. The smallest absolute Gasteiger partial charge is 0.231 e. The average molecular weight is 374 g/mol. The zero-order valence-corrected chi connectivity index (χ0v) is 17.4. The molecule has 0 bridgehead atoms. The van der Waals surface area contributed by atoms with Gasteiger partial charge < -0.3 is 4.90 Å². The molecule has 1 aromatic heterocycles. The first-order valence-electron chi connectivity index (χ1n) is 9.79. The molecule has 0 saturated heterocycles. The van der Waals surface area contributed by atoms with Gasteiger partial charge in [-0.05, 0) is 77.0 Å². The van der Waals surface area contributed by atoms with Crippen molar-refractivity contribution in [3.63, 3.8) is 0 Å². The minimum Gasteiger partial charge on any atom is -0.309 e. The minimum atomic E-state index is 0.179. The molecule has 0 N–H and O–H groups in total. The second-order valence-electron chi connectivity index (χ2n) is 7.88. The van der Waals surface area contributed by atoms with Crippen molar-refractivity contribution in [1.29, 1.82) is 0 Å². The van der Waals surface area contributed by atoms with Crippen LogP contribution in [0.15, 0.2) is 12.1 Å². The standard InChI is InChI=1S/C21H31N3OS/c1-15-13-18-19(14-16(15)2)26-21(22-18)24(12-8-11-23(3)4)20(25)17-9-6-5-7-10-17/h13-14,17H,5-12H2,1-4H3. The van der Waals surface area contributed by atoms with Gasteiger partial charge in [0.15, 0.2) is 5.13 Å². The van der Waals surface area contributed by atoms with Crippen molar-refractivity contribution >= 4 is 32.6 Å². The molecule has 3 rings (SSSR count). The highest BCUT2D eigenvalue weighted by molar-refractivity contribution is 7.22. The third kappa shape index (κ3) is 4.44. The van der Waals surface area contributed by atoms with Gasteiger partial charge in [-0.2, -0.15) is 0 Å². The van der Waals surface area contributed by atoms with Gasteiger partial charge in [0, 0.05) is 12.5 Å². The molecule has 0 radical (unpaired) electrons. The monoisotopic (exact) mass is 373 g/mol. The molecule has 0 unspecified atom stereocenters. The highest BCUT2D eigenvalue weighted by Crippen LogP contribution is 2.33. The topological polar surface area (TPSA) is 36.4 Å². The fraction of sp³-hybridized carbons (Fsp3) is 0.619. The Morgan fingerprint density at radius 2 is 1.81 bits per heavy atom. The van der Waals surface area contributed by atoms with E-state index >= 15 is 0 Å². The molecule has 0 atom stereocenters. The van der Waals surface area contributed by atoms with Gasteiger partial charge in [0.05, 0.1) is 10.2 Å². The summed E-state index contributed by atoms with van der Waals surface area (Å²) >= 11 is 1.66. The number of amides is 1. The summed E-state index contributed by atoms with van der Waals surface area (Å²) in [6.07, 6.45) is 6.67. The van der Waals surface area contributed by atoms with Crippen LogP contribution in [0.2, 0.25) is 0 Å². The minimum absolute atomic E-state index is 0.179. The van der Waals surface area contributed by atoms with Crippen LogP contribution in [0.1, 0.15) is 49.7 Å². The molecule has 5 heteroatoms. The van der Waals surface area contributed by atoms with Crippen molar-refractivity contribution in [3.05, 3.63) is 23.3 Å². The zero-order chi connectivity index (χ0) is 18.7. The number of carbonyl (C=O) groups excluding carboxylic acids is 1. The lowest BCUT2D eigenvalue weighted by Crippen LogP contribution is -2.38. The van der Waals surface area contributed by atoms with Crippen LogP contribution in [0.5, 0.6) is 0 Å². The number of fused-ring (bicyclic) bond motifs is 1. The maximum absolute atomic E-state index is 13.3. The van der Waals surface area contributed by atoms with Gasteiger partial charge >= 0.3 is 0 Å². The summed E-state index contributed by atoms with van der Waals surface area (Å²) in [4.78, 5) is 22.3. The highest BCUT2D eigenvalue weighted by Gasteiger charge is 2.28. The molecule has 1 aliphatic carbocycles. The SMILES string of the molecule is Cc1cc2nc(N(CCCN(C)C)C(=O)C3CCCCC3)sc2cc1C. The zero-order valence-electron chi connectivity index (χ0n) is 16.5. The van der Waals surface area contributed by atoms with Crippen LogP contribution in [-0.2, 0) is 4.79 Å². The van der Waals surface area contributed by atoms with Crippen LogP contribution < -0.4 is 4.90 Å². The number of aryl methyl sites for hydroxylation is 2. The number of aromatic nitrogens is 1. The van der Waals surface area contributed by atoms with E-state index in [0.717, 1.165) is 43.0 Å². The predicted octanol–water partition coefficient (Wildman–Crippen LogP) is 4.78. The van der Waals surface area contributed by atoms with Crippen molar-refractivity contribution in [3.8, 4) is 0 Å². The largest absolute Gasteiger partial charge is 0.309 e. The number of carbonyl (C=O) groups is 1. The van der Waals surface area contributed by atoms with Crippen LogP contribution in [-0.4, -0.2) is 43.0 Å². The van der Waals surface area contributed by atoms with Crippen molar-refractivity contribution in [2.75, 3.05) is 32.1 Å². The van der Waals surface area contributed by atoms with Crippen molar-refractivity contribution < 1.29 is 4.79 Å². The van der Waals surface area contributed by atoms with E-state index in [9.17, 15) is 4.79 Å². The fourth-order valence-corrected chi connectivity index (χ4v) is 4.78. The molecule has 0 aliphatic heterocycles. The maximum Gasteiger partial charge on any atom is 0.231 e. The predicted molar refractivity (Wildman–Crippen MR) is 111 cm³/mol. The Morgan fingerprint density at radius 1 is 1.12 bits per heavy atom. The molecular weight excluding hydrogens is 342 g/mol. The van der Waals surface area contributed by atoms with Gasteiger partial charge in [-0.1, -0.05) is 30.6 Å². The number of anilines is 1. The number of rotatable bonds is 6. The van der Waals surface area contributed by atoms with E-state index in [2.05, 4.69) is 45.0 Å². The van der Waals surface area contributed by atoms with E-state index in [1.165, 1.54) is 35.1 Å². The highest BCUT2D eigenvalue weighted by atomic mass is 32.1. The Hall–Kier alpha value is -1.46. The molecule has 1 aliphatic rings. The van der Waals surface area contributed by atoms with E-state index in [-0.39, 0.29) is 11.8 Å². The molecule has 2 aromatic rings. The first-order chi connectivity index (χ1) is 12.5. The summed E-state index contributed by atoms with van der Waals surface area (Å²) in [6.45, 7) is 5.99. The molecule has 4 nitrogen and oxygen atoms in total. The second-order valence-corrected chi connectivity index (χ2v) is 8.89. The van der Waals surface area contributed by atoms with E-state index in [1.807, 2.05) is 4.90 Å². The van der Waals surface area contributed by atoms with Crippen LogP contribution in [0.3, 0.4) is 0 Å². The van der Waals surface area contributed by atoms with E-state index in [1.54, 1.807) is 11.3 Å². The number of nitrogens with zero attached hydrogens (tertiary/aromatic N) is 3. The summed E-state index contributed by atoms with van der Waals surface area (Å²) < 4.78 is 1.18. The molecule has 26 heavy (non-hydrogen) atoms. The third-order valence-electron chi connectivity index (χ3n) is 5.43. The Morgan fingerprint density at radius 3 is 2.50 bits per heavy atom. The number of hydrogen-bond donors (Lipinski definition) is 0. The van der Waals surface area contributed by atoms with E-state index in [4.69, 9.17) is 4.98 Å². The van der Waals surface area contributed by atoms with Crippen LogP contribution in [0.4, 0.5) is 5.13 Å². The Labute approximate surface area is 161 Å². The quantitative estimate of drug-likeness (QED) is 0.731. The Kier molecular flexibility index (Phi) is 6.30. The average Bonchev–Trinajstić information content (AvgIpc) is 3.01. The number of hydrogen-bond acceptors (Lipinski definition) is 4. The lowest BCUT2D eigenvalue weighted by molar-refractivity contribution is -0.123.